The first-order valence-corrected chi connectivity index (χ1v) is 7.80. The maximum Gasteiger partial charge on any atom is 0.144 e. The fourth-order valence-electron chi connectivity index (χ4n) is 2.23. The molecule has 0 aliphatic heterocycles. The number of hydrogen-bond donors (Lipinski definition) is 2. The van der Waals surface area contributed by atoms with E-state index in [-0.39, 0.29) is 4.99 Å². The number of nitrogens with two attached hydrogens (primary N) is 1. The fraction of sp³-hybridized carbons (Fsp3) is 0.583. The number of anilines is 1. The van der Waals surface area contributed by atoms with Crippen molar-refractivity contribution in [2.75, 3.05) is 11.6 Å². The lowest BCUT2D eigenvalue weighted by Crippen LogP contribution is -2.29. The van der Waals surface area contributed by atoms with Gasteiger partial charge in [0.1, 0.15) is 16.5 Å². The molecule has 3 N–H and O–H groups in total. The molecule has 2 unspecified atom stereocenters. The van der Waals surface area contributed by atoms with Crippen molar-refractivity contribution in [1.29, 1.82) is 0 Å². The van der Waals surface area contributed by atoms with Gasteiger partial charge in [-0.2, -0.15) is 11.8 Å². The highest BCUT2D eigenvalue weighted by atomic mass is 32.2. The summed E-state index contributed by atoms with van der Waals surface area (Å²) < 4.78 is 0. The van der Waals surface area contributed by atoms with E-state index in [1.54, 1.807) is 12.4 Å². The first-order valence-electron chi connectivity index (χ1n) is 6.10. The van der Waals surface area contributed by atoms with Gasteiger partial charge in [0, 0.05) is 11.3 Å². The minimum Gasteiger partial charge on any atom is -0.388 e. The molecular weight excluding hydrogens is 264 g/mol. The van der Waals surface area contributed by atoms with Crippen molar-refractivity contribution in [2.24, 2.45) is 5.73 Å². The van der Waals surface area contributed by atoms with Crippen LogP contribution in [0.1, 0.15) is 31.4 Å². The highest BCUT2D eigenvalue weighted by Gasteiger charge is 2.21. The predicted octanol–water partition coefficient (Wildman–Crippen LogP) is 2.20. The van der Waals surface area contributed by atoms with Crippen LogP contribution in [-0.2, 0) is 0 Å². The summed E-state index contributed by atoms with van der Waals surface area (Å²) in [7, 11) is 0. The lowest BCUT2D eigenvalue weighted by Gasteiger charge is -2.28. The lowest BCUT2D eigenvalue weighted by atomic mass is 9.95. The first-order chi connectivity index (χ1) is 8.69. The van der Waals surface area contributed by atoms with E-state index in [0.717, 1.165) is 11.1 Å². The van der Waals surface area contributed by atoms with E-state index < -0.39 is 0 Å². The summed E-state index contributed by atoms with van der Waals surface area (Å²) in [6.07, 6.45) is 10.5. The zero-order valence-electron chi connectivity index (χ0n) is 10.4. The van der Waals surface area contributed by atoms with Crippen LogP contribution in [0.2, 0.25) is 0 Å². The molecule has 6 heteroatoms. The molecule has 18 heavy (non-hydrogen) atoms. The van der Waals surface area contributed by atoms with Crippen molar-refractivity contribution in [3.05, 3.63) is 18.1 Å². The molecule has 2 atom stereocenters. The second-order valence-electron chi connectivity index (χ2n) is 4.52. The summed E-state index contributed by atoms with van der Waals surface area (Å²) in [5, 5.41) is 4.20. The zero-order chi connectivity index (χ0) is 13.0. The van der Waals surface area contributed by atoms with Crippen LogP contribution in [0, 0.1) is 0 Å². The van der Waals surface area contributed by atoms with Crippen LogP contribution < -0.4 is 11.1 Å². The van der Waals surface area contributed by atoms with Crippen LogP contribution in [0.4, 0.5) is 5.82 Å². The Balaban J connectivity index is 1.94. The molecule has 98 valence electrons. The molecule has 0 spiro atoms. The molecule has 1 aliphatic rings. The largest absolute Gasteiger partial charge is 0.388 e. The smallest absolute Gasteiger partial charge is 0.144 e. The lowest BCUT2D eigenvalue weighted by molar-refractivity contribution is 0.472. The molecule has 1 aromatic rings. The number of aromatic nitrogens is 2. The van der Waals surface area contributed by atoms with Crippen LogP contribution in [0.15, 0.2) is 12.4 Å². The van der Waals surface area contributed by atoms with Crippen molar-refractivity contribution in [1.82, 2.24) is 9.97 Å². The summed E-state index contributed by atoms with van der Waals surface area (Å²) >= 11 is 6.81. The minimum absolute atomic E-state index is 0.286. The van der Waals surface area contributed by atoms with Gasteiger partial charge in [0.2, 0.25) is 0 Å². The van der Waals surface area contributed by atoms with Gasteiger partial charge in [-0.15, -0.1) is 0 Å². The molecule has 0 amide bonds. The van der Waals surface area contributed by atoms with Crippen LogP contribution in [0.25, 0.3) is 0 Å². The Kier molecular flexibility index (Phi) is 4.77. The third-order valence-electron chi connectivity index (χ3n) is 3.22. The highest BCUT2D eigenvalue weighted by Crippen LogP contribution is 2.28. The van der Waals surface area contributed by atoms with Crippen molar-refractivity contribution in [3.8, 4) is 0 Å². The van der Waals surface area contributed by atoms with Gasteiger partial charge in [-0.3, -0.25) is 0 Å². The van der Waals surface area contributed by atoms with Gasteiger partial charge in [-0.05, 0) is 25.5 Å². The molecule has 1 aliphatic carbocycles. The molecule has 2 rings (SSSR count). The summed E-state index contributed by atoms with van der Waals surface area (Å²) in [6, 6.07) is 0.501. The van der Waals surface area contributed by atoms with E-state index in [2.05, 4.69) is 21.5 Å². The number of hydrogen-bond acceptors (Lipinski definition) is 5. The molecule has 0 saturated heterocycles. The Bertz CT molecular complexity index is 407. The van der Waals surface area contributed by atoms with Crippen LogP contribution in [0.3, 0.4) is 0 Å². The van der Waals surface area contributed by atoms with E-state index in [1.807, 2.05) is 11.8 Å². The number of nitrogens with one attached hydrogen (secondary N) is 1. The van der Waals surface area contributed by atoms with Crippen LogP contribution in [0.5, 0.6) is 0 Å². The van der Waals surface area contributed by atoms with Gasteiger partial charge in [0.15, 0.2) is 0 Å². The Morgan fingerprint density at radius 2 is 2.28 bits per heavy atom. The number of nitrogens with zero attached hydrogens (tertiary/aromatic N) is 2. The maximum absolute atomic E-state index is 5.49. The molecule has 1 saturated carbocycles. The Morgan fingerprint density at radius 3 is 2.89 bits per heavy atom. The second-order valence-corrected chi connectivity index (χ2v) is 6.09. The first kappa shape index (κ1) is 13.5. The molecule has 1 heterocycles. The van der Waals surface area contributed by atoms with Crippen molar-refractivity contribution < 1.29 is 0 Å². The summed E-state index contributed by atoms with van der Waals surface area (Å²) in [4.78, 5) is 8.77. The van der Waals surface area contributed by atoms with E-state index in [9.17, 15) is 0 Å². The van der Waals surface area contributed by atoms with Crippen molar-refractivity contribution >= 4 is 34.8 Å². The zero-order valence-corrected chi connectivity index (χ0v) is 12.1. The van der Waals surface area contributed by atoms with E-state index in [4.69, 9.17) is 18.0 Å². The van der Waals surface area contributed by atoms with Crippen molar-refractivity contribution in [2.45, 2.75) is 37.0 Å². The highest BCUT2D eigenvalue weighted by molar-refractivity contribution is 7.99. The summed E-state index contributed by atoms with van der Waals surface area (Å²) in [5.74, 6) is 0.807. The monoisotopic (exact) mass is 282 g/mol. The van der Waals surface area contributed by atoms with Gasteiger partial charge in [0.05, 0.1) is 12.4 Å². The molecular formula is C12H18N4S2. The number of rotatable bonds is 4. The topological polar surface area (TPSA) is 63.8 Å². The van der Waals surface area contributed by atoms with E-state index in [0.29, 0.717) is 11.7 Å². The van der Waals surface area contributed by atoms with Gasteiger partial charge in [-0.25, -0.2) is 9.97 Å². The van der Waals surface area contributed by atoms with Crippen LogP contribution >= 0.6 is 24.0 Å². The quantitative estimate of drug-likeness (QED) is 0.826. The molecule has 0 radical (unpaired) electrons. The molecule has 1 fully saturated rings. The van der Waals surface area contributed by atoms with Crippen molar-refractivity contribution in [3.63, 3.8) is 0 Å². The average Bonchev–Trinajstić information content (AvgIpc) is 2.39. The molecule has 1 aromatic heterocycles. The van der Waals surface area contributed by atoms with E-state index >= 15 is 0 Å². The van der Waals surface area contributed by atoms with Gasteiger partial charge < -0.3 is 11.1 Å². The fourth-order valence-corrected chi connectivity index (χ4v) is 3.16. The normalized spacial score (nSPS) is 23.6. The predicted molar refractivity (Wildman–Crippen MR) is 81.1 cm³/mol. The number of thioether (sulfide) groups is 1. The Morgan fingerprint density at radius 1 is 1.44 bits per heavy atom. The third-order valence-corrected chi connectivity index (χ3v) is 4.52. The summed E-state index contributed by atoms with van der Waals surface area (Å²) in [6.45, 7) is 0. The summed E-state index contributed by atoms with van der Waals surface area (Å²) in [5.41, 5.74) is 6.06. The molecule has 4 nitrogen and oxygen atoms in total. The molecule has 0 aromatic carbocycles. The Labute approximate surface area is 117 Å². The van der Waals surface area contributed by atoms with Gasteiger partial charge in [-0.1, -0.05) is 18.6 Å². The maximum atomic E-state index is 5.49. The SMILES string of the molecule is CSC1CCCC(Nc2cnc(C(N)=S)cn2)C1. The standard InChI is InChI=1S/C12H18N4S2/c1-18-9-4-2-3-8(5-9)16-11-7-14-10(6-15-11)12(13)17/h6-9H,2-5H2,1H3,(H2,13,17)(H,15,16). The third kappa shape index (κ3) is 3.55. The van der Waals surface area contributed by atoms with Gasteiger partial charge in [0.25, 0.3) is 0 Å². The second kappa shape index (κ2) is 6.33. The van der Waals surface area contributed by atoms with E-state index in [1.165, 1.54) is 25.7 Å². The minimum atomic E-state index is 0.286. The van der Waals surface area contributed by atoms with Gasteiger partial charge >= 0.3 is 0 Å². The molecule has 0 bridgehead atoms. The Hall–Kier alpha value is -0.880. The average molecular weight is 282 g/mol. The number of thiocarbonyl (C=S) groups is 1. The van der Waals surface area contributed by atoms with Crippen LogP contribution in [-0.4, -0.2) is 32.5 Å².